The number of esters is 1. The van der Waals surface area contributed by atoms with Gasteiger partial charge < -0.3 is 14.6 Å². The van der Waals surface area contributed by atoms with Crippen molar-refractivity contribution in [3.05, 3.63) is 58.6 Å². The van der Waals surface area contributed by atoms with E-state index in [4.69, 9.17) is 9.47 Å². The average Bonchev–Trinajstić information content (AvgIpc) is 2.96. The maximum atomic E-state index is 12.9. The molecule has 0 aromatic carbocycles. The molecule has 0 radical (unpaired) electrons. The minimum atomic E-state index is -1.57. The summed E-state index contributed by atoms with van der Waals surface area (Å²) < 4.78 is 11.1. The predicted molar refractivity (Wildman–Crippen MR) is 106 cm³/mol. The number of allylic oxidation sites excluding steroid dienone is 4. The van der Waals surface area contributed by atoms with Crippen LogP contribution in [0.3, 0.4) is 0 Å². The lowest BCUT2D eigenvalue weighted by Crippen LogP contribution is -2.40. The first-order chi connectivity index (χ1) is 13.6. The predicted octanol–water partition coefficient (Wildman–Crippen LogP) is 3.09. The van der Waals surface area contributed by atoms with Gasteiger partial charge >= 0.3 is 5.97 Å². The third-order valence-corrected chi connectivity index (χ3v) is 5.79. The van der Waals surface area contributed by atoms with E-state index in [0.29, 0.717) is 22.8 Å². The van der Waals surface area contributed by atoms with Crippen LogP contribution in [-0.2, 0) is 23.9 Å². The Morgan fingerprint density at radius 1 is 1.24 bits per heavy atom. The second kappa shape index (κ2) is 7.59. The average molecular weight is 398 g/mol. The van der Waals surface area contributed by atoms with Gasteiger partial charge in [0.1, 0.15) is 11.3 Å². The Morgan fingerprint density at radius 2 is 1.93 bits per heavy atom. The molecule has 6 nitrogen and oxygen atoms in total. The van der Waals surface area contributed by atoms with E-state index in [1.165, 1.54) is 33.1 Å². The van der Waals surface area contributed by atoms with Crippen LogP contribution in [0.4, 0.5) is 0 Å². The molecule has 2 heterocycles. The van der Waals surface area contributed by atoms with E-state index in [0.717, 1.165) is 6.42 Å². The van der Waals surface area contributed by atoms with Crippen molar-refractivity contribution in [1.82, 2.24) is 0 Å². The van der Waals surface area contributed by atoms with Gasteiger partial charge in [-0.25, -0.2) is 4.79 Å². The second-order valence-electron chi connectivity index (χ2n) is 7.97. The van der Waals surface area contributed by atoms with E-state index in [9.17, 15) is 19.5 Å². The first-order valence-corrected chi connectivity index (χ1v) is 9.84. The summed E-state index contributed by atoms with van der Waals surface area (Å²) in [6.45, 7) is 8.67. The Labute approximate surface area is 170 Å². The molecule has 154 valence electrons. The van der Waals surface area contributed by atoms with Gasteiger partial charge in [-0.1, -0.05) is 33.3 Å². The van der Waals surface area contributed by atoms with Gasteiger partial charge in [0.25, 0.3) is 0 Å². The molecular formula is C23H26O6. The van der Waals surface area contributed by atoms with Crippen molar-refractivity contribution in [3.63, 3.8) is 0 Å². The van der Waals surface area contributed by atoms with E-state index in [-0.39, 0.29) is 11.1 Å². The molecule has 0 saturated carbocycles. The van der Waals surface area contributed by atoms with Crippen molar-refractivity contribution >= 4 is 17.5 Å². The third kappa shape index (κ3) is 3.53. The minimum Gasteiger partial charge on any atom is -0.464 e. The van der Waals surface area contributed by atoms with Crippen LogP contribution in [0.5, 0.6) is 0 Å². The van der Waals surface area contributed by atoms with Gasteiger partial charge in [0, 0.05) is 17.1 Å². The number of carbonyl (C=O) groups excluding carboxylic acids is 3. The van der Waals surface area contributed by atoms with Crippen LogP contribution in [0.1, 0.15) is 41.0 Å². The summed E-state index contributed by atoms with van der Waals surface area (Å²) in [6.07, 6.45) is 8.47. The fourth-order valence-corrected chi connectivity index (χ4v) is 3.41. The van der Waals surface area contributed by atoms with Crippen molar-refractivity contribution in [2.45, 2.75) is 52.7 Å². The maximum Gasteiger partial charge on any atom is 0.343 e. The van der Waals surface area contributed by atoms with Crippen molar-refractivity contribution in [1.29, 1.82) is 0 Å². The number of Topliss-reactive ketones (excluding diaryl/α,β-unsaturated/α-hetero) is 1. The Bertz CT molecular complexity index is 927. The molecule has 0 amide bonds. The van der Waals surface area contributed by atoms with E-state index >= 15 is 0 Å². The molecule has 0 bridgehead atoms. The monoisotopic (exact) mass is 398 g/mol. The van der Waals surface area contributed by atoms with Crippen LogP contribution in [0.15, 0.2) is 58.6 Å². The standard InChI is InChI=1S/C23H26O6/c1-6-12(2)7-8-16-9-15-10-18(25)23(5)20(17(15)11-28-16)19(22(27)29-23)21(26)13(3)14(4)24/h7-14,24H,6H2,1-5H3/t12-,13-,14+,23+/m0/s1. The van der Waals surface area contributed by atoms with Crippen molar-refractivity contribution in [2.75, 3.05) is 0 Å². The molecule has 29 heavy (non-hydrogen) atoms. The first-order valence-electron chi connectivity index (χ1n) is 9.84. The lowest BCUT2D eigenvalue weighted by atomic mass is 9.75. The maximum absolute atomic E-state index is 12.9. The minimum absolute atomic E-state index is 0.193. The van der Waals surface area contributed by atoms with Gasteiger partial charge in [0.05, 0.1) is 12.4 Å². The zero-order valence-corrected chi connectivity index (χ0v) is 17.3. The summed E-state index contributed by atoms with van der Waals surface area (Å²) in [6, 6.07) is 0. The molecule has 0 aromatic rings. The summed E-state index contributed by atoms with van der Waals surface area (Å²) in [5.41, 5.74) is -0.520. The Morgan fingerprint density at radius 3 is 2.55 bits per heavy atom. The van der Waals surface area contributed by atoms with E-state index in [1.54, 1.807) is 6.08 Å². The lowest BCUT2D eigenvalue weighted by Gasteiger charge is -2.31. The number of rotatable bonds is 6. The molecule has 4 atom stereocenters. The second-order valence-corrected chi connectivity index (χ2v) is 7.97. The molecule has 0 saturated heterocycles. The van der Waals surface area contributed by atoms with E-state index in [1.807, 2.05) is 12.2 Å². The Kier molecular flexibility index (Phi) is 5.50. The highest BCUT2D eigenvalue weighted by molar-refractivity contribution is 6.25. The molecule has 2 aliphatic heterocycles. The van der Waals surface area contributed by atoms with Gasteiger partial charge in [-0.05, 0) is 43.6 Å². The summed E-state index contributed by atoms with van der Waals surface area (Å²) in [7, 11) is 0. The quantitative estimate of drug-likeness (QED) is 0.546. The molecule has 0 spiro atoms. The summed E-state index contributed by atoms with van der Waals surface area (Å²) in [5, 5.41) is 9.81. The number of carbonyl (C=O) groups is 3. The Balaban J connectivity index is 2.08. The smallest absolute Gasteiger partial charge is 0.343 e. The highest BCUT2D eigenvalue weighted by Gasteiger charge is 2.55. The fourth-order valence-electron chi connectivity index (χ4n) is 3.41. The fraction of sp³-hybridized carbons (Fsp3) is 0.435. The summed E-state index contributed by atoms with van der Waals surface area (Å²) in [4.78, 5) is 38.3. The van der Waals surface area contributed by atoms with E-state index in [2.05, 4.69) is 13.8 Å². The topological polar surface area (TPSA) is 89.9 Å². The molecular weight excluding hydrogens is 372 g/mol. The van der Waals surface area contributed by atoms with Gasteiger partial charge in [0.2, 0.25) is 5.78 Å². The molecule has 3 rings (SSSR count). The van der Waals surface area contributed by atoms with Crippen molar-refractivity contribution in [2.24, 2.45) is 11.8 Å². The van der Waals surface area contributed by atoms with Gasteiger partial charge in [-0.2, -0.15) is 0 Å². The van der Waals surface area contributed by atoms with Crippen molar-refractivity contribution in [3.8, 4) is 0 Å². The highest BCUT2D eigenvalue weighted by atomic mass is 16.6. The molecule has 3 aliphatic rings. The molecule has 1 aliphatic carbocycles. The van der Waals surface area contributed by atoms with E-state index < -0.39 is 35.2 Å². The van der Waals surface area contributed by atoms with Crippen LogP contribution < -0.4 is 0 Å². The van der Waals surface area contributed by atoms with Crippen LogP contribution >= 0.6 is 0 Å². The zero-order chi connectivity index (χ0) is 21.5. The van der Waals surface area contributed by atoms with Gasteiger partial charge in [-0.15, -0.1) is 0 Å². The summed E-state index contributed by atoms with van der Waals surface area (Å²) in [5.74, 6) is -1.69. The number of hydrogen-bond donors (Lipinski definition) is 1. The number of ether oxygens (including phenoxy) is 2. The Hall–Kier alpha value is -2.73. The van der Waals surface area contributed by atoms with Crippen LogP contribution in [0, 0.1) is 11.8 Å². The first kappa shape index (κ1) is 21.0. The highest BCUT2D eigenvalue weighted by Crippen LogP contribution is 2.46. The van der Waals surface area contributed by atoms with Crippen LogP contribution in [-0.4, -0.2) is 34.3 Å². The number of ketones is 2. The van der Waals surface area contributed by atoms with Gasteiger partial charge in [-0.3, -0.25) is 9.59 Å². The van der Waals surface area contributed by atoms with Crippen LogP contribution in [0.2, 0.25) is 0 Å². The van der Waals surface area contributed by atoms with Crippen LogP contribution in [0.25, 0.3) is 0 Å². The molecule has 0 unspecified atom stereocenters. The molecule has 6 heteroatoms. The SMILES string of the molecule is CC[C@H](C)C=CC1=CC2=CC(=O)[C@@]3(C)OC(=O)C(C(=O)[C@@H](C)[C@@H](C)O)=C3C2=CO1. The van der Waals surface area contributed by atoms with Crippen molar-refractivity contribution < 1.29 is 29.0 Å². The number of hydrogen-bond acceptors (Lipinski definition) is 6. The molecule has 0 fully saturated rings. The number of fused-ring (bicyclic) bond motifs is 3. The number of aliphatic hydroxyl groups excluding tert-OH is 1. The normalized spacial score (nSPS) is 26.6. The number of aliphatic hydroxyl groups is 1. The summed E-state index contributed by atoms with van der Waals surface area (Å²) >= 11 is 0. The lowest BCUT2D eigenvalue weighted by molar-refractivity contribution is -0.153. The zero-order valence-electron chi connectivity index (χ0n) is 17.3. The largest absolute Gasteiger partial charge is 0.464 e. The van der Waals surface area contributed by atoms with Gasteiger partial charge in [0.15, 0.2) is 11.4 Å². The third-order valence-electron chi connectivity index (χ3n) is 5.79. The molecule has 1 N–H and O–H groups in total. The molecule has 0 aromatic heterocycles.